The molecule has 0 saturated heterocycles. The lowest BCUT2D eigenvalue weighted by molar-refractivity contribution is 0.691. The molecule has 3 rings (SSSR count). The van der Waals surface area contributed by atoms with Gasteiger partial charge in [0, 0.05) is 15.8 Å². The van der Waals surface area contributed by atoms with Gasteiger partial charge in [-0.05, 0) is 55.2 Å². The Kier molecular flexibility index (Phi) is 3.48. The van der Waals surface area contributed by atoms with E-state index in [1.54, 1.807) is 0 Å². The van der Waals surface area contributed by atoms with Crippen LogP contribution >= 0.6 is 11.8 Å². The molecule has 0 amide bonds. The van der Waals surface area contributed by atoms with Crippen LogP contribution in [0.2, 0.25) is 0 Å². The monoisotopic (exact) mass is 284 g/mol. The van der Waals surface area contributed by atoms with Crippen molar-refractivity contribution in [1.82, 2.24) is 0 Å². The summed E-state index contributed by atoms with van der Waals surface area (Å²) < 4.78 is 0. The van der Waals surface area contributed by atoms with Crippen LogP contribution in [0.1, 0.15) is 36.1 Å². The predicted molar refractivity (Wildman–Crippen MR) is 87.0 cm³/mol. The lowest BCUT2D eigenvalue weighted by Gasteiger charge is -2.26. The third kappa shape index (κ3) is 2.11. The zero-order valence-electron chi connectivity index (χ0n) is 12.2. The van der Waals surface area contributed by atoms with Gasteiger partial charge >= 0.3 is 0 Å². The molecule has 1 unspecified atom stereocenters. The minimum absolute atomic E-state index is 0.122. The second kappa shape index (κ2) is 5.15. The molecule has 0 fully saturated rings. The Balaban J connectivity index is 2.12. The first kappa shape index (κ1) is 13.5. The Morgan fingerprint density at radius 1 is 1.15 bits per heavy atom. The van der Waals surface area contributed by atoms with Crippen molar-refractivity contribution >= 4 is 23.1 Å². The lowest BCUT2D eigenvalue weighted by Crippen LogP contribution is -2.13. The third-order valence-electron chi connectivity index (χ3n) is 4.11. The molecule has 3 heteroatoms. The molecule has 0 aliphatic carbocycles. The zero-order valence-corrected chi connectivity index (χ0v) is 13.0. The molecule has 2 aromatic rings. The number of benzene rings is 2. The highest BCUT2D eigenvalue weighted by molar-refractivity contribution is 7.99. The normalized spacial score (nSPS) is 14.2. The molecule has 0 saturated carbocycles. The Bertz CT molecular complexity index is 664. The SMILES string of the molecule is CCC(N)c1cc2c(c(C)c1C)Nc1ccccc1S2. The van der Waals surface area contributed by atoms with E-state index in [4.69, 9.17) is 5.73 Å². The predicted octanol–water partition coefficient (Wildman–Crippen LogP) is 4.92. The Hall–Kier alpha value is -1.45. The highest BCUT2D eigenvalue weighted by Crippen LogP contribution is 2.47. The summed E-state index contributed by atoms with van der Waals surface area (Å²) in [5.41, 5.74) is 12.6. The number of rotatable bonds is 2. The second-order valence-corrected chi connectivity index (χ2v) is 6.41. The van der Waals surface area contributed by atoms with Crippen molar-refractivity contribution in [1.29, 1.82) is 0 Å². The van der Waals surface area contributed by atoms with Gasteiger partial charge in [0.15, 0.2) is 0 Å². The summed E-state index contributed by atoms with van der Waals surface area (Å²) in [7, 11) is 0. The number of anilines is 2. The summed E-state index contributed by atoms with van der Waals surface area (Å²) in [4.78, 5) is 2.56. The average Bonchev–Trinajstić information content (AvgIpc) is 2.48. The van der Waals surface area contributed by atoms with Gasteiger partial charge in [-0.1, -0.05) is 30.8 Å². The summed E-state index contributed by atoms with van der Waals surface area (Å²) in [6.45, 7) is 6.49. The van der Waals surface area contributed by atoms with Crippen LogP contribution < -0.4 is 11.1 Å². The summed E-state index contributed by atoms with van der Waals surface area (Å²) >= 11 is 1.83. The largest absolute Gasteiger partial charge is 0.353 e. The molecule has 1 aliphatic heterocycles. The van der Waals surface area contributed by atoms with E-state index in [1.807, 2.05) is 11.8 Å². The van der Waals surface area contributed by atoms with Gasteiger partial charge in [0.1, 0.15) is 0 Å². The summed E-state index contributed by atoms with van der Waals surface area (Å²) in [6, 6.07) is 10.8. The Morgan fingerprint density at radius 3 is 2.65 bits per heavy atom. The minimum atomic E-state index is 0.122. The van der Waals surface area contributed by atoms with Gasteiger partial charge < -0.3 is 11.1 Å². The molecular formula is C17H20N2S. The van der Waals surface area contributed by atoms with E-state index < -0.39 is 0 Å². The van der Waals surface area contributed by atoms with Crippen molar-refractivity contribution < 1.29 is 0 Å². The molecule has 104 valence electrons. The standard InChI is InChI=1S/C17H20N2S/c1-4-13(18)12-9-16-17(11(3)10(12)2)19-14-7-5-6-8-15(14)20-16/h5-9,13,19H,4,18H2,1-3H3. The minimum Gasteiger partial charge on any atom is -0.353 e. The Labute approximate surface area is 124 Å². The van der Waals surface area contributed by atoms with E-state index in [-0.39, 0.29) is 6.04 Å². The first-order valence-corrected chi connectivity index (χ1v) is 7.87. The molecule has 1 aliphatic rings. The van der Waals surface area contributed by atoms with Gasteiger partial charge in [-0.2, -0.15) is 0 Å². The average molecular weight is 284 g/mol. The van der Waals surface area contributed by atoms with Crippen LogP contribution in [0, 0.1) is 13.8 Å². The molecule has 1 heterocycles. The van der Waals surface area contributed by atoms with Crippen molar-refractivity contribution in [2.45, 2.75) is 43.0 Å². The topological polar surface area (TPSA) is 38.0 Å². The maximum absolute atomic E-state index is 6.26. The lowest BCUT2D eigenvalue weighted by atomic mass is 9.95. The second-order valence-electron chi connectivity index (χ2n) is 5.33. The highest BCUT2D eigenvalue weighted by atomic mass is 32.2. The van der Waals surface area contributed by atoms with Crippen LogP contribution in [0.4, 0.5) is 11.4 Å². The van der Waals surface area contributed by atoms with Crippen molar-refractivity contribution in [3.8, 4) is 0 Å². The van der Waals surface area contributed by atoms with Crippen LogP contribution in [0.15, 0.2) is 40.1 Å². The first-order valence-electron chi connectivity index (χ1n) is 7.05. The molecule has 0 radical (unpaired) electrons. The van der Waals surface area contributed by atoms with Crippen molar-refractivity contribution in [2.75, 3.05) is 5.32 Å². The molecule has 0 aromatic heterocycles. The maximum Gasteiger partial charge on any atom is 0.0558 e. The van der Waals surface area contributed by atoms with Crippen LogP contribution in [0.25, 0.3) is 0 Å². The van der Waals surface area contributed by atoms with E-state index in [1.165, 1.54) is 37.9 Å². The quantitative estimate of drug-likeness (QED) is 0.701. The van der Waals surface area contributed by atoms with Gasteiger partial charge in [0.2, 0.25) is 0 Å². The fraction of sp³-hybridized carbons (Fsp3) is 0.294. The van der Waals surface area contributed by atoms with Crippen molar-refractivity contribution in [3.63, 3.8) is 0 Å². The number of nitrogens with one attached hydrogen (secondary N) is 1. The fourth-order valence-electron chi connectivity index (χ4n) is 2.66. The molecule has 2 nitrogen and oxygen atoms in total. The molecule has 0 bridgehead atoms. The number of para-hydroxylation sites is 1. The van der Waals surface area contributed by atoms with Crippen LogP contribution in [0.3, 0.4) is 0 Å². The van der Waals surface area contributed by atoms with Crippen LogP contribution in [-0.4, -0.2) is 0 Å². The van der Waals surface area contributed by atoms with Crippen LogP contribution in [0.5, 0.6) is 0 Å². The van der Waals surface area contributed by atoms with Crippen molar-refractivity contribution in [3.05, 3.63) is 47.0 Å². The number of fused-ring (bicyclic) bond motifs is 2. The number of hydrogen-bond donors (Lipinski definition) is 2. The van der Waals surface area contributed by atoms with E-state index in [0.29, 0.717) is 0 Å². The van der Waals surface area contributed by atoms with E-state index in [0.717, 1.165) is 6.42 Å². The van der Waals surface area contributed by atoms with Gasteiger partial charge in [0.05, 0.1) is 11.4 Å². The molecular weight excluding hydrogens is 264 g/mol. The van der Waals surface area contributed by atoms with Gasteiger partial charge in [-0.15, -0.1) is 0 Å². The summed E-state index contributed by atoms with van der Waals surface area (Å²) in [6.07, 6.45) is 0.966. The number of nitrogens with two attached hydrogens (primary N) is 1. The van der Waals surface area contributed by atoms with Crippen LogP contribution in [-0.2, 0) is 0 Å². The summed E-state index contributed by atoms with van der Waals surface area (Å²) in [5, 5.41) is 3.57. The first-order chi connectivity index (χ1) is 9.61. The van der Waals surface area contributed by atoms with Gasteiger partial charge in [-0.3, -0.25) is 0 Å². The third-order valence-corrected chi connectivity index (χ3v) is 5.23. The molecule has 2 aromatic carbocycles. The smallest absolute Gasteiger partial charge is 0.0558 e. The number of hydrogen-bond acceptors (Lipinski definition) is 3. The molecule has 1 atom stereocenters. The summed E-state index contributed by atoms with van der Waals surface area (Å²) in [5.74, 6) is 0. The van der Waals surface area contributed by atoms with E-state index in [9.17, 15) is 0 Å². The van der Waals surface area contributed by atoms with E-state index >= 15 is 0 Å². The molecule has 20 heavy (non-hydrogen) atoms. The fourth-order valence-corrected chi connectivity index (χ4v) is 3.77. The molecule has 0 spiro atoms. The van der Waals surface area contributed by atoms with Gasteiger partial charge in [-0.25, -0.2) is 0 Å². The maximum atomic E-state index is 6.26. The Morgan fingerprint density at radius 2 is 1.90 bits per heavy atom. The highest BCUT2D eigenvalue weighted by Gasteiger charge is 2.21. The molecule has 3 N–H and O–H groups in total. The van der Waals surface area contributed by atoms with Crippen molar-refractivity contribution in [2.24, 2.45) is 5.73 Å². The zero-order chi connectivity index (χ0) is 14.3. The van der Waals surface area contributed by atoms with E-state index in [2.05, 4.69) is 56.4 Å². The van der Waals surface area contributed by atoms with Gasteiger partial charge in [0.25, 0.3) is 0 Å².